The molecule has 1 aliphatic carbocycles. The molecule has 2 aromatic heterocycles. The van der Waals surface area contributed by atoms with E-state index in [4.69, 9.17) is 21.1 Å². The van der Waals surface area contributed by atoms with Gasteiger partial charge >= 0.3 is 0 Å². The van der Waals surface area contributed by atoms with Gasteiger partial charge in [0.2, 0.25) is 0 Å². The van der Waals surface area contributed by atoms with Gasteiger partial charge in [0.25, 0.3) is 5.91 Å². The lowest BCUT2D eigenvalue weighted by atomic mass is 9.99. The van der Waals surface area contributed by atoms with Gasteiger partial charge in [0.1, 0.15) is 11.4 Å². The molecule has 3 aliphatic rings. The third kappa shape index (κ3) is 4.53. The van der Waals surface area contributed by atoms with Gasteiger partial charge in [-0.05, 0) is 43.9 Å². The minimum atomic E-state index is 0.0545. The SMILES string of the molecule is COc1cc(C(=O)N2CCC(N3CCOCC3)CC2)ccc1-c1cnc2[nH]cc(Cl)c2c1NC1CC1. The van der Waals surface area contributed by atoms with E-state index in [9.17, 15) is 4.79 Å². The summed E-state index contributed by atoms with van der Waals surface area (Å²) in [5, 5.41) is 5.15. The summed E-state index contributed by atoms with van der Waals surface area (Å²) in [4.78, 5) is 25.6. The van der Waals surface area contributed by atoms with Crippen LogP contribution in [0, 0.1) is 0 Å². The highest BCUT2D eigenvalue weighted by molar-refractivity contribution is 6.36. The molecule has 8 nitrogen and oxygen atoms in total. The highest BCUT2D eigenvalue weighted by Gasteiger charge is 2.29. The number of methoxy groups -OCH3 is 1. The number of pyridine rings is 1. The number of hydrogen-bond acceptors (Lipinski definition) is 6. The molecule has 1 saturated carbocycles. The summed E-state index contributed by atoms with van der Waals surface area (Å²) in [5.41, 5.74) is 4.15. The van der Waals surface area contributed by atoms with Crippen molar-refractivity contribution in [2.24, 2.45) is 0 Å². The summed E-state index contributed by atoms with van der Waals surface area (Å²) >= 11 is 6.53. The van der Waals surface area contributed by atoms with Crippen LogP contribution >= 0.6 is 11.6 Å². The Morgan fingerprint density at radius 2 is 1.92 bits per heavy atom. The molecular weight excluding hydrogens is 478 g/mol. The Morgan fingerprint density at radius 1 is 1.14 bits per heavy atom. The van der Waals surface area contributed by atoms with Gasteiger partial charge in [-0.25, -0.2) is 4.98 Å². The normalized spacial score (nSPS) is 19.6. The summed E-state index contributed by atoms with van der Waals surface area (Å²) in [5.74, 6) is 0.703. The van der Waals surface area contributed by atoms with Gasteiger partial charge < -0.3 is 24.7 Å². The monoisotopic (exact) mass is 509 g/mol. The Morgan fingerprint density at radius 3 is 2.64 bits per heavy atom. The number of carbonyl (C=O) groups excluding carboxylic acids is 1. The molecule has 36 heavy (non-hydrogen) atoms. The van der Waals surface area contributed by atoms with Crippen molar-refractivity contribution in [3.63, 3.8) is 0 Å². The molecule has 2 N–H and O–H groups in total. The number of fused-ring (bicyclic) bond motifs is 1. The molecule has 9 heteroatoms. The fraction of sp³-hybridized carbons (Fsp3) is 0.481. The van der Waals surface area contributed by atoms with Crippen LogP contribution < -0.4 is 10.1 Å². The van der Waals surface area contributed by atoms with Crippen molar-refractivity contribution in [1.29, 1.82) is 0 Å². The number of nitrogens with one attached hydrogen (secondary N) is 2. The first-order chi connectivity index (χ1) is 17.6. The van der Waals surface area contributed by atoms with Crippen LogP contribution in [0.4, 0.5) is 5.69 Å². The van der Waals surface area contributed by atoms with E-state index in [1.54, 1.807) is 13.3 Å². The Labute approximate surface area is 215 Å². The molecule has 2 aliphatic heterocycles. The van der Waals surface area contributed by atoms with Gasteiger partial charge in [-0.3, -0.25) is 9.69 Å². The van der Waals surface area contributed by atoms with E-state index in [1.165, 1.54) is 0 Å². The Bertz CT molecular complexity index is 1260. The molecule has 1 aromatic carbocycles. The molecule has 190 valence electrons. The summed E-state index contributed by atoms with van der Waals surface area (Å²) < 4.78 is 11.3. The minimum absolute atomic E-state index is 0.0545. The number of benzene rings is 1. The highest BCUT2D eigenvalue weighted by atomic mass is 35.5. The predicted molar refractivity (Wildman–Crippen MR) is 141 cm³/mol. The maximum atomic E-state index is 13.4. The van der Waals surface area contributed by atoms with Crippen LogP contribution in [0.2, 0.25) is 5.02 Å². The van der Waals surface area contributed by atoms with E-state index in [0.29, 0.717) is 28.4 Å². The number of H-pyrrole nitrogens is 1. The molecule has 0 atom stereocenters. The molecule has 3 aromatic rings. The number of rotatable bonds is 6. The summed E-state index contributed by atoms with van der Waals surface area (Å²) in [6, 6.07) is 6.70. The number of piperidine rings is 1. The van der Waals surface area contributed by atoms with E-state index in [-0.39, 0.29) is 5.91 Å². The van der Waals surface area contributed by atoms with E-state index in [1.807, 2.05) is 29.3 Å². The summed E-state index contributed by atoms with van der Waals surface area (Å²) in [6.07, 6.45) is 7.88. The number of aromatic amines is 1. The molecule has 2 saturated heterocycles. The Kier molecular flexibility index (Phi) is 6.50. The fourth-order valence-corrected chi connectivity index (χ4v) is 5.69. The second kappa shape index (κ2) is 9.92. The largest absolute Gasteiger partial charge is 0.496 e. The number of carbonyl (C=O) groups is 1. The van der Waals surface area contributed by atoms with E-state index in [2.05, 4.69) is 20.2 Å². The van der Waals surface area contributed by atoms with Crippen LogP contribution in [-0.4, -0.2) is 84.3 Å². The molecular formula is C27H32ClN5O3. The van der Waals surface area contributed by atoms with E-state index < -0.39 is 0 Å². The zero-order valence-corrected chi connectivity index (χ0v) is 21.3. The van der Waals surface area contributed by atoms with Gasteiger partial charge in [0.05, 0.1) is 36.4 Å². The van der Waals surface area contributed by atoms with Gasteiger partial charge in [-0.1, -0.05) is 11.6 Å². The first-order valence-electron chi connectivity index (χ1n) is 12.8. The lowest BCUT2D eigenvalue weighted by molar-refractivity contribution is 0.00159. The number of hydrogen-bond donors (Lipinski definition) is 2. The molecule has 0 spiro atoms. The smallest absolute Gasteiger partial charge is 0.253 e. The molecule has 0 unspecified atom stereocenters. The van der Waals surface area contributed by atoms with Crippen LogP contribution in [0.15, 0.2) is 30.6 Å². The van der Waals surface area contributed by atoms with E-state index in [0.717, 1.165) is 92.9 Å². The lowest BCUT2D eigenvalue weighted by Crippen LogP contribution is -2.50. The third-order valence-electron chi connectivity index (χ3n) is 7.63. The standard InChI is InChI=1S/C27H32ClN5O3/c1-35-23-14-17(27(34)33-8-6-19(7-9-33)32-10-12-36-13-11-32)2-5-20(23)21-15-29-26-24(22(28)16-30-26)25(21)31-18-3-4-18/h2,5,14-16,18-19H,3-4,6-13H2,1H3,(H2,29,30,31). The van der Waals surface area contributed by atoms with Crippen molar-refractivity contribution < 1.29 is 14.3 Å². The quantitative estimate of drug-likeness (QED) is 0.512. The van der Waals surface area contributed by atoms with Crippen LogP contribution in [0.25, 0.3) is 22.2 Å². The van der Waals surface area contributed by atoms with Crippen LogP contribution in [0.3, 0.4) is 0 Å². The zero-order valence-electron chi connectivity index (χ0n) is 20.6. The number of morpholine rings is 1. The van der Waals surface area contributed by atoms with Gasteiger partial charge in [0.15, 0.2) is 0 Å². The minimum Gasteiger partial charge on any atom is -0.496 e. The second-order valence-electron chi connectivity index (χ2n) is 9.91. The van der Waals surface area contributed by atoms with Crippen LogP contribution in [0.1, 0.15) is 36.0 Å². The number of amides is 1. The summed E-state index contributed by atoms with van der Waals surface area (Å²) in [6.45, 7) is 5.14. The number of likely N-dealkylation sites (tertiary alicyclic amines) is 1. The van der Waals surface area contributed by atoms with Gasteiger partial charge in [0, 0.05) is 67.3 Å². The lowest BCUT2D eigenvalue weighted by Gasteiger charge is -2.40. The van der Waals surface area contributed by atoms with Crippen LogP contribution in [0.5, 0.6) is 5.75 Å². The molecule has 3 fully saturated rings. The fourth-order valence-electron chi connectivity index (χ4n) is 5.45. The molecule has 6 rings (SSSR count). The number of nitrogens with zero attached hydrogens (tertiary/aromatic N) is 3. The molecule has 1 amide bonds. The van der Waals surface area contributed by atoms with Gasteiger partial charge in [-0.2, -0.15) is 0 Å². The predicted octanol–water partition coefficient (Wildman–Crippen LogP) is 4.40. The third-order valence-corrected chi connectivity index (χ3v) is 7.93. The van der Waals surface area contributed by atoms with Crippen molar-refractivity contribution in [3.05, 3.63) is 41.2 Å². The number of aromatic nitrogens is 2. The second-order valence-corrected chi connectivity index (χ2v) is 10.3. The van der Waals surface area contributed by atoms with Crippen LogP contribution in [-0.2, 0) is 4.74 Å². The van der Waals surface area contributed by atoms with Crippen molar-refractivity contribution in [1.82, 2.24) is 19.8 Å². The number of halogens is 1. The number of ether oxygens (including phenoxy) is 2. The van der Waals surface area contributed by atoms with Crippen molar-refractivity contribution >= 4 is 34.2 Å². The van der Waals surface area contributed by atoms with Crippen molar-refractivity contribution in [3.8, 4) is 16.9 Å². The average molecular weight is 510 g/mol. The Balaban J connectivity index is 1.24. The van der Waals surface area contributed by atoms with Crippen molar-refractivity contribution in [2.75, 3.05) is 51.8 Å². The maximum absolute atomic E-state index is 13.4. The Hall–Kier alpha value is -2.81. The van der Waals surface area contributed by atoms with E-state index >= 15 is 0 Å². The maximum Gasteiger partial charge on any atom is 0.253 e. The molecule has 0 bridgehead atoms. The summed E-state index contributed by atoms with van der Waals surface area (Å²) in [7, 11) is 1.64. The molecule has 0 radical (unpaired) electrons. The first-order valence-corrected chi connectivity index (χ1v) is 13.2. The van der Waals surface area contributed by atoms with Gasteiger partial charge in [-0.15, -0.1) is 0 Å². The molecule has 4 heterocycles. The average Bonchev–Trinajstić information content (AvgIpc) is 3.68. The van der Waals surface area contributed by atoms with Crippen molar-refractivity contribution in [2.45, 2.75) is 37.8 Å². The first kappa shape index (κ1) is 23.6. The number of anilines is 1. The highest BCUT2D eigenvalue weighted by Crippen LogP contribution is 2.43. The topological polar surface area (TPSA) is 82.7 Å². The zero-order chi connectivity index (χ0) is 24.6.